The fourth-order valence-corrected chi connectivity index (χ4v) is 3.43. The largest absolute Gasteiger partial charge is 0.484 e. The number of fused-ring (bicyclic) bond motifs is 1. The van der Waals surface area contributed by atoms with Gasteiger partial charge in [-0.05, 0) is 30.7 Å². The van der Waals surface area contributed by atoms with Crippen LogP contribution in [0.2, 0.25) is 0 Å². The van der Waals surface area contributed by atoms with E-state index in [0.717, 1.165) is 44.5 Å². The van der Waals surface area contributed by atoms with Gasteiger partial charge in [-0.15, -0.1) is 0 Å². The van der Waals surface area contributed by atoms with Gasteiger partial charge in [-0.3, -0.25) is 4.79 Å². The van der Waals surface area contributed by atoms with Crippen LogP contribution >= 0.6 is 0 Å². The van der Waals surface area contributed by atoms with Gasteiger partial charge in [0.15, 0.2) is 11.5 Å². The third-order valence-corrected chi connectivity index (χ3v) is 4.90. The summed E-state index contributed by atoms with van der Waals surface area (Å²) in [4.78, 5) is 15.0. The molecule has 4 nitrogen and oxygen atoms in total. The Morgan fingerprint density at radius 3 is 2.62 bits per heavy atom. The highest BCUT2D eigenvalue weighted by Crippen LogP contribution is 2.42. The molecule has 1 spiro atoms. The molecule has 4 heteroatoms. The fraction of sp³-hybridized carbons (Fsp3) is 0.588. The second-order valence-electron chi connectivity index (χ2n) is 6.23. The molecule has 114 valence electrons. The average molecular weight is 288 g/mol. The summed E-state index contributed by atoms with van der Waals surface area (Å²) < 4.78 is 6.28. The molecule has 1 fully saturated rings. The van der Waals surface area contributed by atoms with Crippen molar-refractivity contribution in [2.24, 2.45) is 0 Å². The Kier molecular flexibility index (Phi) is 3.66. The van der Waals surface area contributed by atoms with Crippen LogP contribution in [0.25, 0.3) is 0 Å². The Hall–Kier alpha value is -1.55. The number of nitrogens with zero attached hydrogens (tertiary/aromatic N) is 1. The van der Waals surface area contributed by atoms with Gasteiger partial charge < -0.3 is 15.4 Å². The van der Waals surface area contributed by atoms with Gasteiger partial charge in [0.05, 0.1) is 17.7 Å². The minimum absolute atomic E-state index is 0.184. The van der Waals surface area contributed by atoms with Crippen molar-refractivity contribution in [1.29, 1.82) is 0 Å². The first kappa shape index (κ1) is 14.4. The van der Waals surface area contributed by atoms with Gasteiger partial charge in [-0.25, -0.2) is 0 Å². The number of rotatable bonds is 2. The molecule has 0 unspecified atom stereocenters. The lowest BCUT2D eigenvalue weighted by atomic mass is 9.82. The number of benzene rings is 1. The van der Waals surface area contributed by atoms with Gasteiger partial charge in [0.1, 0.15) is 5.60 Å². The third-order valence-electron chi connectivity index (χ3n) is 4.90. The summed E-state index contributed by atoms with van der Waals surface area (Å²) in [6.07, 6.45) is 3.17. The van der Waals surface area contributed by atoms with Crippen molar-refractivity contribution in [3.63, 3.8) is 0 Å². The van der Waals surface area contributed by atoms with E-state index in [0.29, 0.717) is 23.4 Å². The highest BCUT2D eigenvalue weighted by atomic mass is 16.5. The van der Waals surface area contributed by atoms with Crippen LogP contribution in [0.15, 0.2) is 12.1 Å². The standard InChI is InChI=1S/C17H24N2O2/c1-3-12-9-13-15(20)11-17(21-16(13)14(18)10-12)5-7-19(4-2)8-6-17/h9-10H,3-8,11,18H2,1-2H3. The van der Waals surface area contributed by atoms with Crippen LogP contribution in [0.4, 0.5) is 5.69 Å². The molecule has 0 atom stereocenters. The molecule has 3 rings (SSSR count). The SMILES string of the molecule is CCc1cc(N)c2c(c1)C(=O)CC1(CCN(CC)CC1)O2. The molecule has 0 bridgehead atoms. The minimum atomic E-state index is -0.336. The van der Waals surface area contributed by atoms with Crippen molar-refractivity contribution in [3.05, 3.63) is 23.3 Å². The molecule has 0 radical (unpaired) electrons. The molecule has 21 heavy (non-hydrogen) atoms. The van der Waals surface area contributed by atoms with Crippen molar-refractivity contribution < 1.29 is 9.53 Å². The van der Waals surface area contributed by atoms with Gasteiger partial charge in [0.25, 0.3) is 0 Å². The molecule has 0 aromatic heterocycles. The maximum absolute atomic E-state index is 12.6. The first-order valence-electron chi connectivity index (χ1n) is 7.94. The normalized spacial score (nSPS) is 21.1. The molecule has 2 aliphatic heterocycles. The van der Waals surface area contributed by atoms with Crippen LogP contribution in [-0.2, 0) is 6.42 Å². The Labute approximate surface area is 126 Å². The molecule has 1 aromatic carbocycles. The number of ketones is 1. The van der Waals surface area contributed by atoms with Gasteiger partial charge in [-0.1, -0.05) is 13.8 Å². The van der Waals surface area contributed by atoms with Crippen LogP contribution < -0.4 is 10.5 Å². The summed E-state index contributed by atoms with van der Waals surface area (Å²) in [6, 6.07) is 3.88. The van der Waals surface area contributed by atoms with Crippen molar-refractivity contribution in [2.75, 3.05) is 25.4 Å². The summed E-state index contributed by atoms with van der Waals surface area (Å²) >= 11 is 0. The highest BCUT2D eigenvalue weighted by molar-refractivity contribution is 6.02. The number of aryl methyl sites for hydroxylation is 1. The maximum Gasteiger partial charge on any atom is 0.170 e. The average Bonchev–Trinajstić information content (AvgIpc) is 2.49. The Morgan fingerprint density at radius 2 is 2.00 bits per heavy atom. The number of anilines is 1. The second-order valence-corrected chi connectivity index (χ2v) is 6.23. The first-order valence-corrected chi connectivity index (χ1v) is 7.94. The number of carbonyl (C=O) groups excluding carboxylic acids is 1. The number of hydrogen-bond donors (Lipinski definition) is 1. The van der Waals surface area contributed by atoms with Crippen molar-refractivity contribution in [1.82, 2.24) is 4.90 Å². The van der Waals surface area contributed by atoms with Crippen LogP contribution in [0, 0.1) is 0 Å². The van der Waals surface area contributed by atoms with E-state index in [-0.39, 0.29) is 11.4 Å². The van der Waals surface area contributed by atoms with Crippen molar-refractivity contribution in [3.8, 4) is 5.75 Å². The van der Waals surface area contributed by atoms with Gasteiger partial charge in [0.2, 0.25) is 0 Å². The zero-order valence-corrected chi connectivity index (χ0v) is 12.9. The predicted octanol–water partition coefficient (Wildman–Crippen LogP) is 2.65. The lowest BCUT2D eigenvalue weighted by Gasteiger charge is -2.44. The number of hydrogen-bond acceptors (Lipinski definition) is 4. The number of carbonyl (C=O) groups is 1. The molecule has 2 heterocycles. The summed E-state index contributed by atoms with van der Waals surface area (Å²) in [7, 11) is 0. The van der Waals surface area contributed by atoms with Crippen molar-refractivity contribution >= 4 is 11.5 Å². The molecular weight excluding hydrogens is 264 g/mol. The monoisotopic (exact) mass is 288 g/mol. The molecule has 1 saturated heterocycles. The number of nitrogen functional groups attached to an aromatic ring is 1. The quantitative estimate of drug-likeness (QED) is 0.850. The Morgan fingerprint density at radius 1 is 1.29 bits per heavy atom. The number of Topliss-reactive ketones (excluding diaryl/α,β-unsaturated/α-hetero) is 1. The summed E-state index contributed by atoms with van der Waals surface area (Å²) in [6.45, 7) is 7.28. The van der Waals surface area contributed by atoms with Crippen molar-refractivity contribution in [2.45, 2.75) is 45.1 Å². The van der Waals surface area contributed by atoms with E-state index in [1.54, 1.807) is 0 Å². The molecule has 0 aliphatic carbocycles. The zero-order valence-electron chi connectivity index (χ0n) is 12.9. The van der Waals surface area contributed by atoms with E-state index in [4.69, 9.17) is 10.5 Å². The summed E-state index contributed by atoms with van der Waals surface area (Å²) in [5.41, 5.74) is 8.18. The van der Waals surface area contributed by atoms with Gasteiger partial charge >= 0.3 is 0 Å². The van der Waals surface area contributed by atoms with E-state index in [9.17, 15) is 4.79 Å². The molecule has 0 saturated carbocycles. The number of ether oxygens (including phenoxy) is 1. The number of nitrogens with two attached hydrogens (primary N) is 1. The van der Waals surface area contributed by atoms with Crippen LogP contribution in [0.5, 0.6) is 5.75 Å². The minimum Gasteiger partial charge on any atom is -0.484 e. The van der Waals surface area contributed by atoms with Gasteiger partial charge in [0, 0.05) is 25.9 Å². The van der Waals surface area contributed by atoms with E-state index in [2.05, 4.69) is 18.7 Å². The fourth-order valence-electron chi connectivity index (χ4n) is 3.43. The number of piperidine rings is 1. The topological polar surface area (TPSA) is 55.6 Å². The smallest absolute Gasteiger partial charge is 0.170 e. The molecular formula is C17H24N2O2. The lowest BCUT2D eigenvalue weighted by Crippen LogP contribution is -2.51. The lowest BCUT2D eigenvalue weighted by molar-refractivity contribution is -0.00727. The van der Waals surface area contributed by atoms with Crippen LogP contribution in [0.1, 0.15) is 49.0 Å². The zero-order chi connectivity index (χ0) is 15.0. The molecule has 1 aromatic rings. The molecule has 2 N–H and O–H groups in total. The number of likely N-dealkylation sites (tertiary alicyclic amines) is 1. The second kappa shape index (κ2) is 5.34. The van der Waals surface area contributed by atoms with E-state index in [1.807, 2.05) is 12.1 Å². The molecule has 2 aliphatic rings. The van der Waals surface area contributed by atoms with E-state index < -0.39 is 0 Å². The first-order chi connectivity index (χ1) is 10.1. The van der Waals surface area contributed by atoms with Gasteiger partial charge in [-0.2, -0.15) is 0 Å². The maximum atomic E-state index is 12.6. The highest BCUT2D eigenvalue weighted by Gasteiger charge is 2.43. The summed E-state index contributed by atoms with van der Waals surface area (Å²) in [5.74, 6) is 0.802. The Bertz CT molecular complexity index is 560. The summed E-state index contributed by atoms with van der Waals surface area (Å²) in [5, 5.41) is 0. The van der Waals surface area contributed by atoms with Crippen LogP contribution in [0.3, 0.4) is 0 Å². The third kappa shape index (κ3) is 2.53. The Balaban J connectivity index is 1.91. The van der Waals surface area contributed by atoms with E-state index in [1.165, 1.54) is 0 Å². The van der Waals surface area contributed by atoms with Crippen LogP contribution in [-0.4, -0.2) is 35.9 Å². The molecule has 0 amide bonds. The predicted molar refractivity (Wildman–Crippen MR) is 83.9 cm³/mol. The van der Waals surface area contributed by atoms with E-state index >= 15 is 0 Å².